The predicted octanol–water partition coefficient (Wildman–Crippen LogP) is 4.35. The molecule has 1 saturated heterocycles. The third-order valence-electron chi connectivity index (χ3n) is 3.95. The van der Waals surface area contributed by atoms with Crippen molar-refractivity contribution in [3.63, 3.8) is 0 Å². The molecule has 1 atom stereocenters. The fourth-order valence-corrected chi connectivity index (χ4v) is 3.34. The van der Waals surface area contributed by atoms with E-state index in [9.17, 15) is 13.2 Å². The molecule has 2 rings (SSSR count). The molecule has 22 heavy (non-hydrogen) atoms. The van der Waals surface area contributed by atoms with Gasteiger partial charge < -0.3 is 5.32 Å². The molecule has 0 bridgehead atoms. The maximum atomic E-state index is 13.5. The summed E-state index contributed by atoms with van der Waals surface area (Å²) in [5.41, 5.74) is -0.629. The summed E-state index contributed by atoms with van der Waals surface area (Å²) in [6, 6.07) is 3.82. The number of piperazine rings is 1. The first-order valence-electron chi connectivity index (χ1n) is 7.42. The van der Waals surface area contributed by atoms with Crippen LogP contribution in [-0.4, -0.2) is 31.1 Å². The number of hydrogen-bond acceptors (Lipinski definition) is 2. The number of nitrogens with zero attached hydrogens (tertiary/aromatic N) is 1. The third kappa shape index (κ3) is 3.94. The largest absolute Gasteiger partial charge is 0.416 e. The lowest BCUT2D eigenvalue weighted by Crippen LogP contribution is -2.48. The summed E-state index contributed by atoms with van der Waals surface area (Å²) >= 11 is 5.80. The highest BCUT2D eigenvalue weighted by Crippen LogP contribution is 2.44. The van der Waals surface area contributed by atoms with Gasteiger partial charge in [-0.1, -0.05) is 38.4 Å². The Bertz CT molecular complexity index is 517. The monoisotopic (exact) mass is 334 g/mol. The van der Waals surface area contributed by atoms with E-state index in [2.05, 4.69) is 10.2 Å². The Labute approximate surface area is 134 Å². The first-order chi connectivity index (χ1) is 10.1. The van der Waals surface area contributed by atoms with E-state index in [1.807, 2.05) is 20.8 Å². The topological polar surface area (TPSA) is 15.3 Å². The van der Waals surface area contributed by atoms with E-state index < -0.39 is 11.7 Å². The number of benzene rings is 1. The van der Waals surface area contributed by atoms with Crippen molar-refractivity contribution in [3.05, 3.63) is 34.3 Å². The fourth-order valence-electron chi connectivity index (χ4n) is 3.16. The van der Waals surface area contributed by atoms with Gasteiger partial charge in [0.25, 0.3) is 0 Å². The van der Waals surface area contributed by atoms with E-state index >= 15 is 0 Å². The third-order valence-corrected chi connectivity index (χ3v) is 4.19. The molecular formula is C16H22ClF3N2. The zero-order valence-electron chi connectivity index (χ0n) is 13.1. The normalized spacial score (nSPS) is 19.2. The predicted molar refractivity (Wildman–Crippen MR) is 83.1 cm³/mol. The Balaban J connectivity index is 2.52. The first-order valence-corrected chi connectivity index (χ1v) is 7.80. The molecule has 124 valence electrons. The Morgan fingerprint density at radius 2 is 1.73 bits per heavy atom. The molecule has 1 heterocycles. The van der Waals surface area contributed by atoms with E-state index in [1.54, 1.807) is 6.07 Å². The minimum Gasteiger partial charge on any atom is -0.314 e. The van der Waals surface area contributed by atoms with Crippen molar-refractivity contribution in [2.24, 2.45) is 5.41 Å². The average Bonchev–Trinajstić information content (AvgIpc) is 2.39. The maximum absolute atomic E-state index is 13.5. The molecule has 0 saturated carbocycles. The SMILES string of the molecule is CC(C)(C)[C@H](c1ccc(Cl)cc1C(F)(F)F)N1CCNCC1. The van der Waals surface area contributed by atoms with E-state index in [1.165, 1.54) is 6.07 Å². The van der Waals surface area contributed by atoms with Crippen molar-refractivity contribution in [2.45, 2.75) is 33.0 Å². The molecule has 1 fully saturated rings. The zero-order valence-corrected chi connectivity index (χ0v) is 13.9. The standard InChI is InChI=1S/C16H22ClF3N2/c1-15(2,3)14(22-8-6-21-7-9-22)12-5-4-11(17)10-13(12)16(18,19)20/h4-5,10,14,21H,6-9H2,1-3H3/t14-/m0/s1. The van der Waals surface area contributed by atoms with Gasteiger partial charge in [-0.25, -0.2) is 0 Å². The van der Waals surface area contributed by atoms with Gasteiger partial charge in [0.15, 0.2) is 0 Å². The van der Waals surface area contributed by atoms with Crippen molar-refractivity contribution in [1.82, 2.24) is 10.2 Å². The van der Waals surface area contributed by atoms with E-state index in [0.717, 1.165) is 32.2 Å². The number of alkyl halides is 3. The van der Waals surface area contributed by atoms with Crippen LogP contribution in [0.1, 0.15) is 37.9 Å². The highest BCUT2D eigenvalue weighted by Gasteiger charge is 2.40. The molecule has 6 heteroatoms. The molecule has 0 aromatic heterocycles. The Morgan fingerprint density at radius 1 is 1.14 bits per heavy atom. The van der Waals surface area contributed by atoms with Crippen LogP contribution >= 0.6 is 11.6 Å². The number of rotatable bonds is 2. The van der Waals surface area contributed by atoms with Crippen LogP contribution in [-0.2, 0) is 6.18 Å². The lowest BCUT2D eigenvalue weighted by atomic mass is 9.79. The van der Waals surface area contributed by atoms with Crippen LogP contribution in [0.5, 0.6) is 0 Å². The molecule has 2 nitrogen and oxygen atoms in total. The van der Waals surface area contributed by atoms with Gasteiger partial charge in [-0.3, -0.25) is 4.90 Å². The molecular weight excluding hydrogens is 313 g/mol. The van der Waals surface area contributed by atoms with Gasteiger partial charge in [0, 0.05) is 37.2 Å². The summed E-state index contributed by atoms with van der Waals surface area (Å²) in [6.45, 7) is 9.00. The smallest absolute Gasteiger partial charge is 0.314 e. The van der Waals surface area contributed by atoms with Gasteiger partial charge in [0.1, 0.15) is 0 Å². The second kappa shape index (κ2) is 6.38. The molecule has 0 radical (unpaired) electrons. The molecule has 1 aliphatic heterocycles. The van der Waals surface area contributed by atoms with Crippen LogP contribution in [0.3, 0.4) is 0 Å². The fraction of sp³-hybridized carbons (Fsp3) is 0.625. The Morgan fingerprint density at radius 3 is 2.23 bits per heavy atom. The van der Waals surface area contributed by atoms with Crippen LogP contribution in [0.25, 0.3) is 0 Å². The second-order valence-electron chi connectivity index (χ2n) is 6.78. The Kier molecular flexibility index (Phi) is 5.09. The van der Waals surface area contributed by atoms with E-state index in [-0.39, 0.29) is 16.5 Å². The number of hydrogen-bond donors (Lipinski definition) is 1. The van der Waals surface area contributed by atoms with Gasteiger partial charge >= 0.3 is 6.18 Å². The number of nitrogens with one attached hydrogen (secondary N) is 1. The van der Waals surface area contributed by atoms with Gasteiger partial charge in [0.05, 0.1) is 5.56 Å². The summed E-state index contributed by atoms with van der Waals surface area (Å²) < 4.78 is 40.4. The lowest BCUT2D eigenvalue weighted by molar-refractivity contribution is -0.139. The molecule has 1 aromatic carbocycles. The Hall–Kier alpha value is -0.780. The molecule has 1 aromatic rings. The molecule has 1 aliphatic rings. The van der Waals surface area contributed by atoms with Gasteiger partial charge in [-0.2, -0.15) is 13.2 Å². The molecule has 0 aliphatic carbocycles. The first kappa shape index (κ1) is 17.6. The van der Waals surface area contributed by atoms with Crippen LogP contribution in [0.2, 0.25) is 5.02 Å². The summed E-state index contributed by atoms with van der Waals surface area (Å²) in [5.74, 6) is 0. The number of halogens is 4. The van der Waals surface area contributed by atoms with Crippen molar-refractivity contribution < 1.29 is 13.2 Å². The highest BCUT2D eigenvalue weighted by molar-refractivity contribution is 6.30. The summed E-state index contributed by atoms with van der Waals surface area (Å²) in [5, 5.41) is 3.36. The van der Waals surface area contributed by atoms with Gasteiger partial charge in [-0.15, -0.1) is 0 Å². The lowest BCUT2D eigenvalue weighted by Gasteiger charge is -2.43. The minimum absolute atomic E-state index is 0.115. The maximum Gasteiger partial charge on any atom is 0.416 e. The van der Waals surface area contributed by atoms with Crippen molar-refractivity contribution >= 4 is 11.6 Å². The molecule has 0 amide bonds. The van der Waals surface area contributed by atoms with Crippen molar-refractivity contribution in [3.8, 4) is 0 Å². The second-order valence-corrected chi connectivity index (χ2v) is 7.22. The zero-order chi connectivity index (χ0) is 16.5. The summed E-state index contributed by atoms with van der Waals surface area (Å²) in [6.07, 6.45) is -4.40. The molecule has 0 spiro atoms. The van der Waals surface area contributed by atoms with Gasteiger partial charge in [-0.05, 0) is 23.1 Å². The van der Waals surface area contributed by atoms with E-state index in [4.69, 9.17) is 11.6 Å². The van der Waals surface area contributed by atoms with Crippen LogP contribution in [0.15, 0.2) is 18.2 Å². The molecule has 1 N–H and O–H groups in total. The van der Waals surface area contributed by atoms with Crippen LogP contribution in [0, 0.1) is 5.41 Å². The average molecular weight is 335 g/mol. The van der Waals surface area contributed by atoms with Crippen LogP contribution in [0.4, 0.5) is 13.2 Å². The molecule has 0 unspecified atom stereocenters. The van der Waals surface area contributed by atoms with E-state index in [0.29, 0.717) is 5.56 Å². The van der Waals surface area contributed by atoms with Crippen molar-refractivity contribution in [1.29, 1.82) is 0 Å². The quantitative estimate of drug-likeness (QED) is 0.865. The van der Waals surface area contributed by atoms with Gasteiger partial charge in [0.2, 0.25) is 0 Å². The van der Waals surface area contributed by atoms with Crippen LogP contribution < -0.4 is 5.32 Å². The summed E-state index contributed by atoms with van der Waals surface area (Å²) in [4.78, 5) is 2.13. The van der Waals surface area contributed by atoms with Crippen molar-refractivity contribution in [2.75, 3.05) is 26.2 Å². The highest BCUT2D eigenvalue weighted by atomic mass is 35.5. The summed E-state index contributed by atoms with van der Waals surface area (Å²) in [7, 11) is 0. The minimum atomic E-state index is -4.40.